The molecule has 1 N–H and O–H groups in total. The number of amides is 1. The number of nitrogens with zero attached hydrogens (tertiary/aromatic N) is 1. The molecular weight excluding hydrogens is 259 g/mol. The average molecular weight is 278 g/mol. The molecule has 20 heavy (non-hydrogen) atoms. The maximum atomic E-state index is 12.9. The maximum Gasteiger partial charge on any atom is 0.239 e. The predicted molar refractivity (Wildman–Crippen MR) is 72.7 cm³/mol. The average Bonchev–Trinajstić information content (AvgIpc) is 3.01. The minimum Gasteiger partial charge on any atom is -0.370 e. The largest absolute Gasteiger partial charge is 0.370 e. The molecule has 0 bridgehead atoms. The van der Waals surface area contributed by atoms with Crippen LogP contribution in [-0.2, 0) is 9.53 Å². The molecule has 1 unspecified atom stereocenters. The van der Waals surface area contributed by atoms with Gasteiger partial charge in [0.05, 0.1) is 19.2 Å². The molecule has 1 amide bonds. The van der Waals surface area contributed by atoms with Crippen LogP contribution in [0.4, 0.5) is 4.39 Å². The summed E-state index contributed by atoms with van der Waals surface area (Å²) >= 11 is 0. The van der Waals surface area contributed by atoms with E-state index in [0.717, 1.165) is 24.9 Å². The molecule has 1 aromatic rings. The Morgan fingerprint density at radius 3 is 2.85 bits per heavy atom. The van der Waals surface area contributed by atoms with Gasteiger partial charge in [-0.2, -0.15) is 0 Å². The first-order valence-electron chi connectivity index (χ1n) is 7.13. The Balaban J connectivity index is 1.66. The van der Waals surface area contributed by atoms with Gasteiger partial charge in [-0.05, 0) is 37.1 Å². The number of benzene rings is 1. The van der Waals surface area contributed by atoms with Gasteiger partial charge >= 0.3 is 0 Å². The summed E-state index contributed by atoms with van der Waals surface area (Å²) in [5, 5.41) is 3.23. The van der Waals surface area contributed by atoms with E-state index in [-0.39, 0.29) is 23.9 Å². The summed E-state index contributed by atoms with van der Waals surface area (Å²) in [5.41, 5.74) is 0.920. The van der Waals surface area contributed by atoms with Crippen LogP contribution >= 0.6 is 0 Å². The van der Waals surface area contributed by atoms with E-state index in [1.807, 2.05) is 4.90 Å². The van der Waals surface area contributed by atoms with Crippen LogP contribution in [0.3, 0.4) is 0 Å². The Labute approximate surface area is 117 Å². The van der Waals surface area contributed by atoms with Crippen molar-refractivity contribution in [3.05, 3.63) is 35.6 Å². The molecule has 2 aliphatic heterocycles. The third-order valence-electron chi connectivity index (χ3n) is 3.98. The molecule has 2 aliphatic rings. The Hall–Kier alpha value is -1.46. The molecular formula is C15H19FN2O2. The number of carbonyl (C=O) groups excluding carboxylic acids is 1. The zero-order valence-corrected chi connectivity index (χ0v) is 11.3. The SMILES string of the molecule is O=C([C@@H]1CCCN1)N1CCOC(c2ccc(F)cc2)C1. The zero-order valence-electron chi connectivity index (χ0n) is 11.3. The quantitative estimate of drug-likeness (QED) is 0.891. The zero-order chi connectivity index (χ0) is 13.9. The molecule has 5 heteroatoms. The van der Waals surface area contributed by atoms with Crippen LogP contribution in [0.25, 0.3) is 0 Å². The number of ether oxygens (including phenoxy) is 1. The monoisotopic (exact) mass is 278 g/mol. The van der Waals surface area contributed by atoms with E-state index in [9.17, 15) is 9.18 Å². The van der Waals surface area contributed by atoms with E-state index in [1.165, 1.54) is 12.1 Å². The molecule has 0 spiro atoms. The summed E-state index contributed by atoms with van der Waals surface area (Å²) in [7, 11) is 0. The van der Waals surface area contributed by atoms with Gasteiger partial charge in [-0.25, -0.2) is 4.39 Å². The lowest BCUT2D eigenvalue weighted by Gasteiger charge is -2.34. The molecule has 2 saturated heterocycles. The fourth-order valence-electron chi connectivity index (χ4n) is 2.84. The van der Waals surface area contributed by atoms with Crippen molar-refractivity contribution in [1.82, 2.24) is 10.2 Å². The lowest BCUT2D eigenvalue weighted by atomic mass is 10.1. The standard InChI is InChI=1S/C15H19FN2O2/c16-12-5-3-11(4-6-12)14-10-18(8-9-20-14)15(19)13-2-1-7-17-13/h3-6,13-14,17H,1-2,7-10H2/t13-,14?/m0/s1. The number of halogens is 1. The summed E-state index contributed by atoms with van der Waals surface area (Å²) in [6.45, 7) is 2.62. The predicted octanol–water partition coefficient (Wildman–Crippen LogP) is 1.48. The lowest BCUT2D eigenvalue weighted by Crippen LogP contribution is -2.49. The highest BCUT2D eigenvalue weighted by atomic mass is 19.1. The molecule has 0 aliphatic carbocycles. The Morgan fingerprint density at radius 2 is 2.15 bits per heavy atom. The molecule has 2 fully saturated rings. The van der Waals surface area contributed by atoms with Crippen LogP contribution in [0.5, 0.6) is 0 Å². The van der Waals surface area contributed by atoms with Crippen molar-refractivity contribution in [2.45, 2.75) is 25.0 Å². The molecule has 1 aromatic carbocycles. The van der Waals surface area contributed by atoms with Crippen molar-refractivity contribution >= 4 is 5.91 Å². The molecule has 0 aromatic heterocycles. The number of rotatable bonds is 2. The van der Waals surface area contributed by atoms with E-state index >= 15 is 0 Å². The number of hydrogen-bond acceptors (Lipinski definition) is 3. The molecule has 2 atom stereocenters. The van der Waals surface area contributed by atoms with Crippen molar-refractivity contribution < 1.29 is 13.9 Å². The minimum absolute atomic E-state index is 0.0398. The van der Waals surface area contributed by atoms with E-state index in [0.29, 0.717) is 19.7 Å². The first-order valence-corrected chi connectivity index (χ1v) is 7.13. The third kappa shape index (κ3) is 2.83. The van der Waals surface area contributed by atoms with Crippen molar-refractivity contribution in [2.24, 2.45) is 0 Å². The van der Waals surface area contributed by atoms with Gasteiger partial charge in [-0.1, -0.05) is 12.1 Å². The van der Waals surface area contributed by atoms with Gasteiger partial charge in [0, 0.05) is 6.54 Å². The number of morpholine rings is 1. The van der Waals surface area contributed by atoms with Gasteiger partial charge < -0.3 is 15.0 Å². The van der Waals surface area contributed by atoms with Crippen LogP contribution in [0.15, 0.2) is 24.3 Å². The molecule has 108 valence electrons. The first kappa shape index (κ1) is 13.5. The fourth-order valence-corrected chi connectivity index (χ4v) is 2.84. The van der Waals surface area contributed by atoms with Gasteiger partial charge in [0.15, 0.2) is 0 Å². The maximum absolute atomic E-state index is 12.9. The van der Waals surface area contributed by atoms with Crippen molar-refractivity contribution in [3.63, 3.8) is 0 Å². The van der Waals surface area contributed by atoms with Crippen molar-refractivity contribution in [3.8, 4) is 0 Å². The van der Waals surface area contributed by atoms with Gasteiger partial charge in [0.1, 0.15) is 11.9 Å². The molecule has 3 rings (SSSR count). The van der Waals surface area contributed by atoms with E-state index in [1.54, 1.807) is 12.1 Å². The summed E-state index contributed by atoms with van der Waals surface area (Å²) in [5.74, 6) is -0.0921. The third-order valence-corrected chi connectivity index (χ3v) is 3.98. The van der Waals surface area contributed by atoms with Gasteiger partial charge in [0.25, 0.3) is 0 Å². The van der Waals surface area contributed by atoms with Crippen LogP contribution < -0.4 is 5.32 Å². The van der Waals surface area contributed by atoms with Gasteiger partial charge in [0.2, 0.25) is 5.91 Å². The molecule has 2 heterocycles. The number of nitrogens with one attached hydrogen (secondary N) is 1. The van der Waals surface area contributed by atoms with Crippen LogP contribution in [0, 0.1) is 5.82 Å². The highest BCUT2D eigenvalue weighted by Crippen LogP contribution is 2.23. The summed E-state index contributed by atoms with van der Waals surface area (Å²) in [6, 6.07) is 6.27. The summed E-state index contributed by atoms with van der Waals surface area (Å²) in [6.07, 6.45) is 1.81. The Kier molecular flexibility index (Phi) is 3.98. The number of carbonyl (C=O) groups is 1. The lowest BCUT2D eigenvalue weighted by molar-refractivity contribution is -0.140. The highest BCUT2D eigenvalue weighted by molar-refractivity contribution is 5.82. The van der Waals surface area contributed by atoms with Crippen LogP contribution in [-0.4, -0.2) is 43.1 Å². The van der Waals surface area contributed by atoms with Crippen LogP contribution in [0.1, 0.15) is 24.5 Å². The fraction of sp³-hybridized carbons (Fsp3) is 0.533. The smallest absolute Gasteiger partial charge is 0.239 e. The minimum atomic E-state index is -0.257. The van der Waals surface area contributed by atoms with Crippen molar-refractivity contribution in [1.29, 1.82) is 0 Å². The second-order valence-corrected chi connectivity index (χ2v) is 5.34. The second kappa shape index (κ2) is 5.89. The summed E-state index contributed by atoms with van der Waals surface area (Å²) < 4.78 is 18.7. The van der Waals surface area contributed by atoms with E-state index in [4.69, 9.17) is 4.74 Å². The molecule has 0 saturated carbocycles. The van der Waals surface area contributed by atoms with Gasteiger partial charge in [-0.15, -0.1) is 0 Å². The van der Waals surface area contributed by atoms with Crippen molar-refractivity contribution in [2.75, 3.05) is 26.2 Å². The Bertz CT molecular complexity index is 471. The normalized spacial score (nSPS) is 26.8. The topological polar surface area (TPSA) is 41.6 Å². The van der Waals surface area contributed by atoms with Gasteiger partial charge in [-0.3, -0.25) is 4.79 Å². The Morgan fingerprint density at radius 1 is 1.35 bits per heavy atom. The van der Waals surface area contributed by atoms with Crippen LogP contribution in [0.2, 0.25) is 0 Å². The van der Waals surface area contributed by atoms with E-state index < -0.39 is 0 Å². The summed E-state index contributed by atoms with van der Waals surface area (Å²) in [4.78, 5) is 14.2. The molecule has 4 nitrogen and oxygen atoms in total. The molecule has 0 radical (unpaired) electrons. The number of hydrogen-bond donors (Lipinski definition) is 1. The highest BCUT2D eigenvalue weighted by Gasteiger charge is 2.31. The second-order valence-electron chi connectivity index (χ2n) is 5.34. The first-order chi connectivity index (χ1) is 9.74. The van der Waals surface area contributed by atoms with E-state index in [2.05, 4.69) is 5.32 Å².